The van der Waals surface area contributed by atoms with Gasteiger partial charge in [-0.2, -0.15) is 8.42 Å². The highest BCUT2D eigenvalue weighted by Gasteiger charge is 2.18. The second-order valence-electron chi connectivity index (χ2n) is 3.32. The van der Waals surface area contributed by atoms with Gasteiger partial charge >= 0.3 is 0 Å². The van der Waals surface area contributed by atoms with Crippen LogP contribution < -0.4 is 4.72 Å². The van der Waals surface area contributed by atoms with Crippen LogP contribution in [0.5, 0.6) is 0 Å². The maximum atomic E-state index is 11.9. The molecule has 0 aliphatic carbocycles. The van der Waals surface area contributed by atoms with Crippen molar-refractivity contribution in [3.8, 4) is 0 Å². The number of hydrogen-bond acceptors (Lipinski definition) is 4. The van der Waals surface area contributed by atoms with Crippen LogP contribution in [0.1, 0.15) is 0 Å². The molecule has 0 saturated heterocycles. The largest absolute Gasteiger partial charge is 0.339 e. The summed E-state index contributed by atoms with van der Waals surface area (Å²) in [4.78, 5) is 7.59. The third kappa shape index (κ3) is 2.56. The lowest BCUT2D eigenvalue weighted by Crippen LogP contribution is -2.14. The second kappa shape index (κ2) is 4.34. The molecule has 17 heavy (non-hydrogen) atoms. The first-order chi connectivity index (χ1) is 7.99. The van der Waals surface area contributed by atoms with Gasteiger partial charge in [0.1, 0.15) is 0 Å². The number of anilines is 1. The molecule has 6 nitrogen and oxygen atoms in total. The van der Waals surface area contributed by atoms with Crippen molar-refractivity contribution in [2.45, 2.75) is 5.03 Å². The van der Waals surface area contributed by atoms with Crippen LogP contribution in [0.25, 0.3) is 0 Å². The molecule has 8 heteroatoms. The third-order valence-electron chi connectivity index (χ3n) is 1.95. The van der Waals surface area contributed by atoms with E-state index >= 15 is 0 Å². The molecular formula is C9H9ClN4O2S. The molecule has 2 aromatic heterocycles. The first-order valence-electron chi connectivity index (χ1n) is 4.60. The minimum absolute atomic E-state index is 0.0817. The van der Waals surface area contributed by atoms with Crippen molar-refractivity contribution in [1.82, 2.24) is 14.5 Å². The molecule has 0 fully saturated rings. The Morgan fingerprint density at radius 1 is 1.41 bits per heavy atom. The van der Waals surface area contributed by atoms with E-state index in [4.69, 9.17) is 11.6 Å². The van der Waals surface area contributed by atoms with E-state index in [1.54, 1.807) is 19.2 Å². The number of sulfonamides is 1. The Bertz CT molecular complexity index is 638. The highest BCUT2D eigenvalue weighted by atomic mass is 35.5. The fraction of sp³-hybridized carbons (Fsp3) is 0.111. The lowest BCUT2D eigenvalue weighted by atomic mass is 10.5. The summed E-state index contributed by atoms with van der Waals surface area (Å²) in [5.41, 5.74) is 0. The normalized spacial score (nSPS) is 11.4. The third-order valence-corrected chi connectivity index (χ3v) is 3.47. The van der Waals surface area contributed by atoms with Crippen molar-refractivity contribution in [1.29, 1.82) is 0 Å². The second-order valence-corrected chi connectivity index (χ2v) is 5.35. The molecule has 2 aromatic rings. The zero-order chi connectivity index (χ0) is 12.5. The number of aromatic nitrogens is 3. The summed E-state index contributed by atoms with van der Waals surface area (Å²) in [6.07, 6.45) is 4.23. The van der Waals surface area contributed by atoms with Crippen molar-refractivity contribution < 1.29 is 8.42 Å². The first-order valence-corrected chi connectivity index (χ1v) is 6.46. The molecule has 2 heterocycles. The molecule has 0 unspecified atom stereocenters. The van der Waals surface area contributed by atoms with E-state index in [2.05, 4.69) is 14.7 Å². The zero-order valence-electron chi connectivity index (χ0n) is 8.83. The van der Waals surface area contributed by atoms with Crippen LogP contribution in [-0.4, -0.2) is 23.0 Å². The molecule has 0 bridgehead atoms. The fourth-order valence-corrected chi connectivity index (χ4v) is 2.41. The Balaban J connectivity index is 2.33. The molecule has 0 radical (unpaired) electrons. The van der Waals surface area contributed by atoms with Gasteiger partial charge in [0.05, 0.1) is 11.3 Å². The van der Waals surface area contributed by atoms with Gasteiger partial charge in [0.15, 0.2) is 10.8 Å². The number of rotatable bonds is 3. The smallest absolute Gasteiger partial charge is 0.282 e. The van der Waals surface area contributed by atoms with E-state index in [1.807, 2.05) is 0 Å². The van der Waals surface area contributed by atoms with Gasteiger partial charge in [0.25, 0.3) is 10.0 Å². The van der Waals surface area contributed by atoms with Crippen molar-refractivity contribution in [3.05, 3.63) is 35.9 Å². The molecule has 90 valence electrons. The topological polar surface area (TPSA) is 76.9 Å². The Hall–Kier alpha value is -1.60. The maximum absolute atomic E-state index is 11.9. The van der Waals surface area contributed by atoms with Gasteiger partial charge < -0.3 is 4.57 Å². The number of imidazole rings is 1. The van der Waals surface area contributed by atoms with E-state index in [0.29, 0.717) is 0 Å². The highest BCUT2D eigenvalue weighted by molar-refractivity contribution is 7.92. The average Bonchev–Trinajstić information content (AvgIpc) is 2.69. The molecule has 0 amide bonds. The monoisotopic (exact) mass is 272 g/mol. The van der Waals surface area contributed by atoms with Gasteiger partial charge in [0.2, 0.25) is 0 Å². The van der Waals surface area contributed by atoms with E-state index in [-0.39, 0.29) is 15.9 Å². The van der Waals surface area contributed by atoms with Gasteiger partial charge in [-0.25, -0.2) is 9.97 Å². The molecule has 0 spiro atoms. The van der Waals surface area contributed by atoms with Crippen LogP contribution in [0.3, 0.4) is 0 Å². The summed E-state index contributed by atoms with van der Waals surface area (Å²) in [5.74, 6) is 0.0832. The molecular weight excluding hydrogens is 264 g/mol. The van der Waals surface area contributed by atoms with Crippen molar-refractivity contribution >= 4 is 27.4 Å². The Labute approximate surface area is 103 Å². The van der Waals surface area contributed by atoms with Crippen LogP contribution in [-0.2, 0) is 17.1 Å². The molecule has 0 aliphatic heterocycles. The van der Waals surface area contributed by atoms with Gasteiger partial charge in [-0.15, -0.1) is 0 Å². The number of nitrogens with one attached hydrogen (secondary N) is 1. The van der Waals surface area contributed by atoms with E-state index < -0.39 is 10.0 Å². The SMILES string of the molecule is Cn1cnc(S(=O)(=O)Nc2ncccc2Cl)c1. The van der Waals surface area contributed by atoms with Gasteiger partial charge in [-0.05, 0) is 12.1 Å². The molecule has 0 saturated carbocycles. The molecule has 0 aromatic carbocycles. The van der Waals surface area contributed by atoms with Crippen molar-refractivity contribution in [2.75, 3.05) is 4.72 Å². The van der Waals surface area contributed by atoms with Gasteiger partial charge in [-0.3, -0.25) is 4.72 Å². The first kappa shape index (κ1) is 11.9. The number of hydrogen-bond donors (Lipinski definition) is 1. The van der Waals surface area contributed by atoms with Crippen LogP contribution in [0.15, 0.2) is 35.9 Å². The predicted octanol–water partition coefficient (Wildman–Crippen LogP) is 1.27. The summed E-state index contributed by atoms with van der Waals surface area (Å²) >= 11 is 5.81. The minimum atomic E-state index is -3.74. The highest BCUT2D eigenvalue weighted by Crippen LogP contribution is 2.20. The fourth-order valence-electron chi connectivity index (χ4n) is 1.17. The van der Waals surface area contributed by atoms with E-state index in [0.717, 1.165) is 0 Å². The summed E-state index contributed by atoms with van der Waals surface area (Å²) in [6.45, 7) is 0. The number of halogens is 1. The van der Waals surface area contributed by atoms with Crippen molar-refractivity contribution in [2.24, 2.45) is 7.05 Å². The van der Waals surface area contributed by atoms with E-state index in [1.165, 1.54) is 23.3 Å². The molecule has 2 rings (SSSR count). The standard InChI is InChI=1S/C9H9ClN4O2S/c1-14-5-8(12-6-14)17(15,16)13-9-7(10)3-2-4-11-9/h2-6H,1H3,(H,11,13). The van der Waals surface area contributed by atoms with Crippen LogP contribution in [0, 0.1) is 0 Å². The quantitative estimate of drug-likeness (QED) is 0.913. The average molecular weight is 273 g/mol. The van der Waals surface area contributed by atoms with Crippen molar-refractivity contribution in [3.63, 3.8) is 0 Å². The summed E-state index contributed by atoms with van der Waals surface area (Å²) in [5, 5.41) is 0.147. The summed E-state index contributed by atoms with van der Waals surface area (Å²) in [7, 11) is -2.06. The molecule has 0 atom stereocenters. The lowest BCUT2D eigenvalue weighted by molar-refractivity contribution is 0.598. The lowest BCUT2D eigenvalue weighted by Gasteiger charge is -2.05. The Kier molecular flexibility index (Phi) is 3.03. The summed E-state index contributed by atoms with van der Waals surface area (Å²) in [6, 6.07) is 3.16. The zero-order valence-corrected chi connectivity index (χ0v) is 10.4. The van der Waals surface area contributed by atoms with Gasteiger partial charge in [0, 0.05) is 19.4 Å². The maximum Gasteiger partial charge on any atom is 0.282 e. The number of aryl methyl sites for hydroxylation is 1. The van der Waals surface area contributed by atoms with Crippen LogP contribution in [0.2, 0.25) is 5.02 Å². The molecule has 0 aliphatic rings. The Morgan fingerprint density at radius 3 is 2.76 bits per heavy atom. The number of pyridine rings is 1. The minimum Gasteiger partial charge on any atom is -0.339 e. The van der Waals surface area contributed by atoms with Crippen LogP contribution >= 0.6 is 11.6 Å². The van der Waals surface area contributed by atoms with E-state index in [9.17, 15) is 8.42 Å². The molecule has 1 N–H and O–H groups in total. The number of nitrogens with zero attached hydrogens (tertiary/aromatic N) is 3. The summed E-state index contributed by atoms with van der Waals surface area (Å²) < 4.78 is 27.6. The van der Waals surface area contributed by atoms with Crippen LogP contribution in [0.4, 0.5) is 5.82 Å². The predicted molar refractivity (Wildman–Crippen MR) is 63.3 cm³/mol. The Morgan fingerprint density at radius 2 is 2.18 bits per heavy atom. The van der Waals surface area contributed by atoms with Gasteiger partial charge in [-0.1, -0.05) is 11.6 Å².